The lowest BCUT2D eigenvalue weighted by Gasteiger charge is -2.19. The second-order valence-electron chi connectivity index (χ2n) is 4.94. The number of esters is 1. The first kappa shape index (κ1) is 16.5. The number of nitrogens with one attached hydrogen (secondary N) is 1. The summed E-state index contributed by atoms with van der Waals surface area (Å²) in [5.74, 6) is -1.02. The number of ether oxygens (including phenoxy) is 1. The van der Waals surface area contributed by atoms with E-state index in [9.17, 15) is 14.7 Å². The Balaban J connectivity index is 2.17. The van der Waals surface area contributed by atoms with Gasteiger partial charge in [-0.2, -0.15) is 0 Å². The van der Waals surface area contributed by atoms with Crippen LogP contribution in [0.2, 0.25) is 0 Å². The molecule has 2 aromatic carbocycles. The van der Waals surface area contributed by atoms with Gasteiger partial charge in [0.2, 0.25) is 5.91 Å². The highest BCUT2D eigenvalue weighted by molar-refractivity contribution is 5.88. The number of aromatic hydroxyl groups is 1. The monoisotopic (exact) mass is 314 g/mol. The van der Waals surface area contributed by atoms with Crippen molar-refractivity contribution >= 4 is 11.9 Å². The molecule has 1 amide bonds. The number of methoxy groups -OCH3 is 1. The van der Waals surface area contributed by atoms with Gasteiger partial charge in [-0.3, -0.25) is 4.79 Å². The number of carbonyl (C=O) groups excluding carboxylic acids is 2. The van der Waals surface area contributed by atoms with Crippen molar-refractivity contribution in [3.05, 3.63) is 65.7 Å². The second-order valence-corrected chi connectivity index (χ2v) is 4.94. The van der Waals surface area contributed by atoms with Crippen LogP contribution in [0.3, 0.4) is 0 Å². The van der Waals surface area contributed by atoms with Crippen LogP contribution in [0, 0.1) is 0 Å². The molecule has 0 bridgehead atoms. The van der Waals surface area contributed by atoms with Gasteiger partial charge in [0.1, 0.15) is 11.8 Å². The molecular formula is C17H18N2O4. The van der Waals surface area contributed by atoms with Crippen molar-refractivity contribution in [1.82, 2.24) is 5.32 Å². The molecule has 0 saturated heterocycles. The lowest BCUT2D eigenvalue weighted by Crippen LogP contribution is -2.40. The molecule has 0 aliphatic carbocycles. The van der Waals surface area contributed by atoms with E-state index in [4.69, 9.17) is 10.5 Å². The first-order valence-electron chi connectivity index (χ1n) is 7.00. The standard InChI is InChI=1S/C17H18N2O4/c1-23-17(22)15(12-5-3-2-4-6-12)19-16(21)14(18)11-7-9-13(20)10-8-11/h2-10,14-15,20H,18H2,1H3,(H,19,21). The molecule has 0 heterocycles. The van der Waals surface area contributed by atoms with Crippen molar-refractivity contribution in [3.8, 4) is 5.75 Å². The summed E-state index contributed by atoms with van der Waals surface area (Å²) in [4.78, 5) is 24.3. The summed E-state index contributed by atoms with van der Waals surface area (Å²) in [5.41, 5.74) is 7.04. The van der Waals surface area contributed by atoms with Gasteiger partial charge in [0.05, 0.1) is 7.11 Å². The number of phenols is 1. The van der Waals surface area contributed by atoms with E-state index in [1.165, 1.54) is 19.2 Å². The number of amides is 1. The Hall–Kier alpha value is -2.86. The van der Waals surface area contributed by atoms with Crippen LogP contribution in [-0.2, 0) is 14.3 Å². The van der Waals surface area contributed by atoms with Gasteiger partial charge in [-0.15, -0.1) is 0 Å². The van der Waals surface area contributed by atoms with Crippen LogP contribution in [0.5, 0.6) is 5.75 Å². The van der Waals surface area contributed by atoms with Gasteiger partial charge < -0.3 is 20.9 Å². The van der Waals surface area contributed by atoms with E-state index >= 15 is 0 Å². The van der Waals surface area contributed by atoms with Crippen molar-refractivity contribution < 1.29 is 19.4 Å². The molecule has 2 unspecified atom stereocenters. The fourth-order valence-electron chi connectivity index (χ4n) is 2.11. The molecule has 2 aromatic rings. The van der Waals surface area contributed by atoms with E-state index in [0.717, 1.165) is 0 Å². The maximum absolute atomic E-state index is 12.3. The molecule has 6 nitrogen and oxygen atoms in total. The SMILES string of the molecule is COC(=O)C(NC(=O)C(N)c1ccc(O)cc1)c1ccccc1. The molecule has 0 aromatic heterocycles. The van der Waals surface area contributed by atoms with Gasteiger partial charge in [0, 0.05) is 0 Å². The first-order valence-corrected chi connectivity index (χ1v) is 7.00. The maximum atomic E-state index is 12.3. The summed E-state index contributed by atoms with van der Waals surface area (Å²) in [5, 5.41) is 11.9. The number of benzene rings is 2. The van der Waals surface area contributed by atoms with Crippen LogP contribution >= 0.6 is 0 Å². The van der Waals surface area contributed by atoms with E-state index in [1.807, 2.05) is 6.07 Å². The molecule has 4 N–H and O–H groups in total. The van der Waals surface area contributed by atoms with Crippen LogP contribution in [0.1, 0.15) is 23.2 Å². The second kappa shape index (κ2) is 7.42. The number of hydrogen-bond donors (Lipinski definition) is 3. The minimum atomic E-state index is -0.966. The van der Waals surface area contributed by atoms with Gasteiger partial charge in [-0.1, -0.05) is 42.5 Å². The van der Waals surface area contributed by atoms with Gasteiger partial charge in [0.25, 0.3) is 0 Å². The number of phenolic OH excluding ortho intramolecular Hbond substituents is 1. The van der Waals surface area contributed by atoms with Crippen LogP contribution in [0.25, 0.3) is 0 Å². The molecule has 120 valence electrons. The van der Waals surface area contributed by atoms with Gasteiger partial charge in [-0.25, -0.2) is 4.79 Å². The van der Waals surface area contributed by atoms with Crippen molar-refractivity contribution in [2.45, 2.75) is 12.1 Å². The summed E-state index contributed by atoms with van der Waals surface area (Å²) < 4.78 is 4.74. The smallest absolute Gasteiger partial charge is 0.333 e. The molecule has 0 radical (unpaired) electrons. The Kier molecular flexibility index (Phi) is 5.32. The van der Waals surface area contributed by atoms with Crippen molar-refractivity contribution in [2.24, 2.45) is 5.73 Å². The lowest BCUT2D eigenvalue weighted by molar-refractivity contribution is -0.145. The zero-order valence-corrected chi connectivity index (χ0v) is 12.6. The Labute approximate surface area is 133 Å². The maximum Gasteiger partial charge on any atom is 0.333 e. The van der Waals surface area contributed by atoms with E-state index in [0.29, 0.717) is 11.1 Å². The fourth-order valence-corrected chi connectivity index (χ4v) is 2.11. The number of rotatable bonds is 5. The quantitative estimate of drug-likeness (QED) is 0.725. The Bertz CT molecular complexity index is 671. The summed E-state index contributed by atoms with van der Waals surface area (Å²) in [7, 11) is 1.25. The Morgan fingerprint density at radius 1 is 1.04 bits per heavy atom. The molecule has 0 aliphatic rings. The van der Waals surface area contributed by atoms with E-state index in [1.54, 1.807) is 36.4 Å². The molecule has 0 spiro atoms. The van der Waals surface area contributed by atoms with Gasteiger partial charge in [-0.05, 0) is 23.3 Å². The van der Waals surface area contributed by atoms with E-state index in [2.05, 4.69) is 5.32 Å². The predicted octanol–water partition coefficient (Wildman–Crippen LogP) is 1.42. The summed E-state index contributed by atoms with van der Waals surface area (Å²) in [6.45, 7) is 0. The third kappa shape index (κ3) is 4.08. The zero-order valence-electron chi connectivity index (χ0n) is 12.6. The average Bonchev–Trinajstić information content (AvgIpc) is 2.59. The normalized spacial score (nSPS) is 13.0. The fraction of sp³-hybridized carbons (Fsp3) is 0.176. The van der Waals surface area contributed by atoms with Gasteiger partial charge in [0.15, 0.2) is 6.04 Å². The molecule has 2 atom stereocenters. The van der Waals surface area contributed by atoms with Crippen LogP contribution in [-0.4, -0.2) is 24.1 Å². The number of carbonyl (C=O) groups is 2. The third-order valence-corrected chi connectivity index (χ3v) is 3.39. The van der Waals surface area contributed by atoms with Crippen LogP contribution in [0.4, 0.5) is 0 Å². The molecule has 2 rings (SSSR count). The minimum Gasteiger partial charge on any atom is -0.508 e. The molecule has 0 saturated carbocycles. The zero-order chi connectivity index (χ0) is 16.8. The third-order valence-electron chi connectivity index (χ3n) is 3.39. The molecule has 23 heavy (non-hydrogen) atoms. The minimum absolute atomic E-state index is 0.0816. The van der Waals surface area contributed by atoms with Gasteiger partial charge >= 0.3 is 5.97 Å². The van der Waals surface area contributed by atoms with Crippen molar-refractivity contribution in [1.29, 1.82) is 0 Å². The van der Waals surface area contributed by atoms with Crippen molar-refractivity contribution in [3.63, 3.8) is 0 Å². The average molecular weight is 314 g/mol. The van der Waals surface area contributed by atoms with Crippen molar-refractivity contribution in [2.75, 3.05) is 7.11 Å². The summed E-state index contributed by atoms with van der Waals surface area (Å²) in [6.07, 6.45) is 0. The largest absolute Gasteiger partial charge is 0.508 e. The Morgan fingerprint density at radius 3 is 2.22 bits per heavy atom. The molecule has 0 aliphatic heterocycles. The highest BCUT2D eigenvalue weighted by Crippen LogP contribution is 2.18. The van der Waals surface area contributed by atoms with Crippen LogP contribution < -0.4 is 11.1 Å². The first-order chi connectivity index (χ1) is 11.0. The number of nitrogens with two attached hydrogens (primary N) is 1. The van der Waals surface area contributed by atoms with Crippen LogP contribution in [0.15, 0.2) is 54.6 Å². The molecular weight excluding hydrogens is 296 g/mol. The lowest BCUT2D eigenvalue weighted by atomic mass is 10.0. The summed E-state index contributed by atoms with van der Waals surface area (Å²) in [6, 6.07) is 12.8. The predicted molar refractivity (Wildman–Crippen MR) is 84.4 cm³/mol. The molecule has 0 fully saturated rings. The summed E-state index contributed by atoms with van der Waals surface area (Å²) >= 11 is 0. The highest BCUT2D eigenvalue weighted by atomic mass is 16.5. The Morgan fingerprint density at radius 2 is 1.65 bits per heavy atom. The van der Waals surface area contributed by atoms with E-state index in [-0.39, 0.29) is 5.75 Å². The highest BCUT2D eigenvalue weighted by Gasteiger charge is 2.26. The van der Waals surface area contributed by atoms with E-state index < -0.39 is 24.0 Å². The topological polar surface area (TPSA) is 102 Å². The number of hydrogen-bond acceptors (Lipinski definition) is 5. The molecule has 6 heteroatoms.